The second-order valence-electron chi connectivity index (χ2n) is 7.21. The largest absolute Gasteiger partial charge is 0.478 e. The number of carboxylic acids is 1. The normalized spacial score (nSPS) is 11.4. The van der Waals surface area contributed by atoms with E-state index in [0.29, 0.717) is 28.0 Å². The SMILES string of the molecule is CC(C)c1ccc(C(=O)O)c(-c2c3ccc(=N)cc-3oc3cc(N)ccc23)c1. The molecular formula is C23H20N2O3. The zero-order valence-electron chi connectivity index (χ0n) is 15.6. The van der Waals surface area contributed by atoms with Crippen LogP contribution in [0, 0.1) is 5.41 Å². The molecule has 4 N–H and O–H groups in total. The van der Waals surface area contributed by atoms with Gasteiger partial charge in [-0.05, 0) is 53.4 Å². The van der Waals surface area contributed by atoms with Gasteiger partial charge in [-0.2, -0.15) is 0 Å². The summed E-state index contributed by atoms with van der Waals surface area (Å²) in [5, 5.41) is 18.8. The molecule has 0 saturated heterocycles. The van der Waals surface area contributed by atoms with Crippen molar-refractivity contribution >= 4 is 22.6 Å². The first-order chi connectivity index (χ1) is 13.3. The Bertz CT molecular complexity index is 1250. The molecule has 0 amide bonds. The maximum absolute atomic E-state index is 12.0. The highest BCUT2D eigenvalue weighted by atomic mass is 16.4. The fraction of sp³-hybridized carbons (Fsp3) is 0.130. The highest BCUT2D eigenvalue weighted by molar-refractivity contribution is 6.07. The van der Waals surface area contributed by atoms with Gasteiger partial charge in [0.05, 0.1) is 10.9 Å². The van der Waals surface area contributed by atoms with Crippen LogP contribution in [0.5, 0.6) is 0 Å². The van der Waals surface area contributed by atoms with E-state index in [1.54, 1.807) is 36.4 Å². The molecule has 2 aliphatic rings. The molecule has 2 aromatic carbocycles. The van der Waals surface area contributed by atoms with E-state index in [4.69, 9.17) is 15.6 Å². The molecule has 5 nitrogen and oxygen atoms in total. The summed E-state index contributed by atoms with van der Waals surface area (Å²) >= 11 is 0. The fourth-order valence-corrected chi connectivity index (χ4v) is 3.51. The third-order valence-electron chi connectivity index (χ3n) is 4.96. The molecule has 0 spiro atoms. The van der Waals surface area contributed by atoms with Crippen LogP contribution in [0.25, 0.3) is 33.4 Å². The summed E-state index contributed by atoms with van der Waals surface area (Å²) in [7, 11) is 0. The maximum Gasteiger partial charge on any atom is 0.336 e. The molecule has 1 heterocycles. The van der Waals surface area contributed by atoms with Crippen molar-refractivity contribution in [2.24, 2.45) is 0 Å². The number of nitrogens with two attached hydrogens (primary N) is 1. The van der Waals surface area contributed by atoms with Crippen LogP contribution >= 0.6 is 0 Å². The number of nitrogens with one attached hydrogen (secondary N) is 1. The Morgan fingerprint density at radius 2 is 1.82 bits per heavy atom. The summed E-state index contributed by atoms with van der Waals surface area (Å²) in [6.45, 7) is 4.15. The number of aromatic carboxylic acids is 1. The monoisotopic (exact) mass is 372 g/mol. The van der Waals surface area contributed by atoms with E-state index in [1.165, 1.54) is 0 Å². The van der Waals surface area contributed by atoms with Crippen LogP contribution in [0.3, 0.4) is 0 Å². The Labute approximate surface area is 161 Å². The van der Waals surface area contributed by atoms with Gasteiger partial charge in [-0.1, -0.05) is 19.9 Å². The Balaban J connectivity index is 2.20. The first kappa shape index (κ1) is 17.8. The Morgan fingerprint density at radius 3 is 2.54 bits per heavy atom. The van der Waals surface area contributed by atoms with Gasteiger partial charge in [-0.15, -0.1) is 0 Å². The number of anilines is 1. The third-order valence-corrected chi connectivity index (χ3v) is 4.96. The average molecular weight is 372 g/mol. The summed E-state index contributed by atoms with van der Waals surface area (Å²) in [4.78, 5) is 12.0. The zero-order valence-corrected chi connectivity index (χ0v) is 15.6. The van der Waals surface area contributed by atoms with E-state index in [-0.39, 0.29) is 11.5 Å². The molecule has 0 atom stereocenters. The van der Waals surface area contributed by atoms with Crippen LogP contribution < -0.4 is 11.1 Å². The molecule has 0 saturated carbocycles. The first-order valence-electron chi connectivity index (χ1n) is 9.03. The van der Waals surface area contributed by atoms with Gasteiger partial charge in [0.1, 0.15) is 11.3 Å². The minimum atomic E-state index is -0.986. The Morgan fingerprint density at radius 1 is 1.04 bits per heavy atom. The first-order valence-corrected chi connectivity index (χ1v) is 9.03. The number of benzene rings is 3. The molecule has 28 heavy (non-hydrogen) atoms. The van der Waals surface area contributed by atoms with Crippen molar-refractivity contribution < 1.29 is 14.3 Å². The molecule has 0 bridgehead atoms. The van der Waals surface area contributed by atoms with Crippen molar-refractivity contribution in [3.05, 3.63) is 71.1 Å². The van der Waals surface area contributed by atoms with Gasteiger partial charge in [-0.3, -0.25) is 0 Å². The number of rotatable bonds is 3. The van der Waals surface area contributed by atoms with E-state index < -0.39 is 5.97 Å². The molecule has 140 valence electrons. The van der Waals surface area contributed by atoms with E-state index in [2.05, 4.69) is 13.8 Å². The molecule has 1 aliphatic heterocycles. The average Bonchev–Trinajstić information content (AvgIpc) is 2.65. The predicted octanol–water partition coefficient (Wildman–Crippen LogP) is 5.09. The quantitative estimate of drug-likeness (QED) is 0.344. The van der Waals surface area contributed by atoms with E-state index in [0.717, 1.165) is 22.1 Å². The van der Waals surface area contributed by atoms with Gasteiger partial charge in [0.25, 0.3) is 0 Å². The topological polar surface area (TPSA) is 100 Å². The molecule has 0 unspecified atom stereocenters. The van der Waals surface area contributed by atoms with Gasteiger partial charge < -0.3 is 20.7 Å². The lowest BCUT2D eigenvalue weighted by molar-refractivity contribution is 0.0697. The van der Waals surface area contributed by atoms with Crippen LogP contribution in [-0.4, -0.2) is 11.1 Å². The summed E-state index contributed by atoms with van der Waals surface area (Å²) in [5.41, 5.74) is 10.5. The van der Waals surface area contributed by atoms with Crippen LogP contribution in [0.2, 0.25) is 0 Å². The molecule has 0 radical (unpaired) electrons. The van der Waals surface area contributed by atoms with Crippen molar-refractivity contribution in [1.82, 2.24) is 0 Å². The van der Waals surface area contributed by atoms with Gasteiger partial charge in [-0.25, -0.2) is 4.79 Å². The lowest BCUT2D eigenvalue weighted by Gasteiger charge is -2.18. The zero-order chi connectivity index (χ0) is 20.0. The van der Waals surface area contributed by atoms with E-state index in [9.17, 15) is 9.90 Å². The number of fused-ring (bicyclic) bond motifs is 2. The second kappa shape index (κ2) is 6.53. The van der Waals surface area contributed by atoms with Crippen LogP contribution in [-0.2, 0) is 0 Å². The third kappa shape index (κ3) is 2.91. The van der Waals surface area contributed by atoms with Gasteiger partial charge in [0.2, 0.25) is 0 Å². The van der Waals surface area contributed by atoms with Gasteiger partial charge in [0, 0.05) is 34.3 Å². The Kier molecular flexibility index (Phi) is 4.15. The molecule has 0 aromatic heterocycles. The number of nitrogen functional groups attached to an aromatic ring is 1. The van der Waals surface area contributed by atoms with Gasteiger partial charge in [0.15, 0.2) is 0 Å². The second-order valence-corrected chi connectivity index (χ2v) is 7.21. The molecule has 5 heteroatoms. The Hall–Kier alpha value is -3.60. The lowest BCUT2D eigenvalue weighted by Crippen LogP contribution is -2.05. The van der Waals surface area contributed by atoms with Crippen molar-refractivity contribution in [2.75, 3.05) is 5.73 Å². The molecule has 2 aromatic rings. The number of carboxylic acid groups (broad SMARTS) is 1. The van der Waals surface area contributed by atoms with E-state index >= 15 is 0 Å². The summed E-state index contributed by atoms with van der Waals surface area (Å²) in [5.74, 6) is -0.213. The lowest BCUT2D eigenvalue weighted by atomic mass is 9.88. The number of carbonyl (C=O) groups is 1. The standard InChI is InChI=1S/C23H20N2O3/c1-12(2)13-3-6-16(23(26)27)19(9-13)22-17-7-4-14(24)10-20(17)28-21-11-15(25)5-8-18(21)22/h3-12,24H,25H2,1-2H3,(H,26,27). The maximum atomic E-state index is 12.0. The van der Waals surface area contributed by atoms with Crippen molar-refractivity contribution in [3.8, 4) is 22.5 Å². The molecule has 1 aliphatic carbocycles. The highest BCUT2D eigenvalue weighted by Gasteiger charge is 2.22. The summed E-state index contributed by atoms with van der Waals surface area (Å²) < 4.78 is 6.00. The van der Waals surface area contributed by atoms with Crippen LogP contribution in [0.15, 0.2) is 59.0 Å². The number of hydrogen-bond acceptors (Lipinski definition) is 4. The summed E-state index contributed by atoms with van der Waals surface area (Å²) in [6.07, 6.45) is 0. The smallest absolute Gasteiger partial charge is 0.336 e. The summed E-state index contributed by atoms with van der Waals surface area (Å²) in [6, 6.07) is 15.9. The molecule has 0 fully saturated rings. The highest BCUT2D eigenvalue weighted by Crippen LogP contribution is 2.42. The van der Waals surface area contributed by atoms with Crippen molar-refractivity contribution in [2.45, 2.75) is 19.8 Å². The van der Waals surface area contributed by atoms with Crippen LogP contribution in [0.1, 0.15) is 35.7 Å². The predicted molar refractivity (Wildman–Crippen MR) is 110 cm³/mol. The molecule has 4 rings (SSSR count). The van der Waals surface area contributed by atoms with E-state index in [1.807, 2.05) is 18.2 Å². The minimum Gasteiger partial charge on any atom is -0.478 e. The van der Waals surface area contributed by atoms with Crippen molar-refractivity contribution in [3.63, 3.8) is 0 Å². The number of hydrogen-bond donors (Lipinski definition) is 3. The molecular weight excluding hydrogens is 352 g/mol. The van der Waals surface area contributed by atoms with Gasteiger partial charge >= 0.3 is 5.97 Å². The minimum absolute atomic E-state index is 0.227. The fourth-order valence-electron chi connectivity index (χ4n) is 3.51. The van der Waals surface area contributed by atoms with Crippen molar-refractivity contribution in [1.29, 1.82) is 5.41 Å². The van der Waals surface area contributed by atoms with Crippen LogP contribution in [0.4, 0.5) is 5.69 Å².